The molecule has 1 N–H and O–H groups in total. The molecule has 0 fully saturated rings. The number of halogens is 1. The zero-order valence-electron chi connectivity index (χ0n) is 8.92. The standard InChI is InChI=1S/C13H11ClN2/c1-2-13-11(7-15)12(8-16-13)9-3-5-10(14)6-4-9/h3-6,8,16H,2H2,1H3. The summed E-state index contributed by atoms with van der Waals surface area (Å²) in [5, 5.41) is 9.84. The Morgan fingerprint density at radius 2 is 2.00 bits per heavy atom. The molecule has 0 spiro atoms. The number of benzene rings is 1. The Bertz CT molecular complexity index is 532. The molecule has 2 rings (SSSR count). The molecule has 1 aromatic carbocycles. The van der Waals surface area contributed by atoms with E-state index in [-0.39, 0.29) is 0 Å². The topological polar surface area (TPSA) is 39.6 Å². The van der Waals surface area contributed by atoms with E-state index in [0.29, 0.717) is 5.02 Å². The smallest absolute Gasteiger partial charge is 0.102 e. The molecule has 0 atom stereocenters. The van der Waals surface area contributed by atoms with E-state index in [9.17, 15) is 0 Å². The third-order valence-corrected chi connectivity index (χ3v) is 2.83. The summed E-state index contributed by atoms with van der Waals surface area (Å²) in [6.07, 6.45) is 2.71. The molecule has 0 aliphatic heterocycles. The molecule has 1 aromatic heterocycles. The summed E-state index contributed by atoms with van der Waals surface area (Å²) in [7, 11) is 0. The predicted molar refractivity (Wildman–Crippen MR) is 65.3 cm³/mol. The molecule has 0 bridgehead atoms. The van der Waals surface area contributed by atoms with Gasteiger partial charge in [0.2, 0.25) is 0 Å². The third kappa shape index (κ3) is 1.82. The van der Waals surface area contributed by atoms with Crippen LogP contribution in [0.1, 0.15) is 18.2 Å². The second-order valence-electron chi connectivity index (χ2n) is 3.53. The van der Waals surface area contributed by atoms with Crippen LogP contribution in [0.4, 0.5) is 0 Å². The maximum Gasteiger partial charge on any atom is 0.102 e. The van der Waals surface area contributed by atoms with E-state index >= 15 is 0 Å². The fourth-order valence-corrected chi connectivity index (χ4v) is 1.86. The van der Waals surface area contributed by atoms with E-state index in [0.717, 1.165) is 28.8 Å². The molecule has 1 heterocycles. The van der Waals surface area contributed by atoms with Crippen LogP contribution in [0.2, 0.25) is 5.02 Å². The van der Waals surface area contributed by atoms with Crippen molar-refractivity contribution in [1.82, 2.24) is 4.98 Å². The maximum absolute atomic E-state index is 9.14. The highest BCUT2D eigenvalue weighted by molar-refractivity contribution is 6.30. The molecule has 0 amide bonds. The summed E-state index contributed by atoms with van der Waals surface area (Å²) >= 11 is 5.83. The Balaban J connectivity index is 2.52. The average Bonchev–Trinajstić information content (AvgIpc) is 2.72. The second kappa shape index (κ2) is 4.42. The minimum atomic E-state index is 0.702. The van der Waals surface area contributed by atoms with Crippen LogP contribution >= 0.6 is 11.6 Å². The lowest BCUT2D eigenvalue weighted by Crippen LogP contribution is -1.85. The molecule has 3 heteroatoms. The number of nitrogens with zero attached hydrogens (tertiary/aromatic N) is 1. The van der Waals surface area contributed by atoms with Gasteiger partial charge in [0.1, 0.15) is 6.07 Å². The van der Waals surface area contributed by atoms with Crippen molar-refractivity contribution in [3.63, 3.8) is 0 Å². The number of aromatic amines is 1. The van der Waals surface area contributed by atoms with Gasteiger partial charge in [0.15, 0.2) is 0 Å². The quantitative estimate of drug-likeness (QED) is 0.838. The number of rotatable bonds is 2. The van der Waals surface area contributed by atoms with Crippen molar-refractivity contribution in [2.75, 3.05) is 0 Å². The van der Waals surface area contributed by atoms with Crippen LogP contribution in [0.5, 0.6) is 0 Å². The maximum atomic E-state index is 9.14. The lowest BCUT2D eigenvalue weighted by molar-refractivity contribution is 1.06. The molecule has 0 aliphatic carbocycles. The van der Waals surface area contributed by atoms with Crippen molar-refractivity contribution < 1.29 is 0 Å². The second-order valence-corrected chi connectivity index (χ2v) is 3.96. The molecular weight excluding hydrogens is 220 g/mol. The minimum Gasteiger partial charge on any atom is -0.363 e. The van der Waals surface area contributed by atoms with Gasteiger partial charge in [-0.15, -0.1) is 0 Å². The Morgan fingerprint density at radius 1 is 1.31 bits per heavy atom. The van der Waals surface area contributed by atoms with E-state index < -0.39 is 0 Å². The first-order valence-corrected chi connectivity index (χ1v) is 5.50. The highest BCUT2D eigenvalue weighted by atomic mass is 35.5. The Labute approximate surface area is 99.5 Å². The largest absolute Gasteiger partial charge is 0.363 e. The fourth-order valence-electron chi connectivity index (χ4n) is 1.73. The summed E-state index contributed by atoms with van der Waals surface area (Å²) in [4.78, 5) is 3.13. The highest BCUT2D eigenvalue weighted by Gasteiger charge is 2.10. The van der Waals surface area contributed by atoms with Gasteiger partial charge in [0.25, 0.3) is 0 Å². The summed E-state index contributed by atoms with van der Waals surface area (Å²) in [6.45, 7) is 2.03. The van der Waals surface area contributed by atoms with Crippen LogP contribution in [-0.2, 0) is 6.42 Å². The van der Waals surface area contributed by atoms with E-state index in [1.165, 1.54) is 0 Å². The lowest BCUT2D eigenvalue weighted by Gasteiger charge is -1.99. The van der Waals surface area contributed by atoms with Crippen LogP contribution in [0.3, 0.4) is 0 Å². The van der Waals surface area contributed by atoms with Gasteiger partial charge in [-0.25, -0.2) is 0 Å². The van der Waals surface area contributed by atoms with Crippen molar-refractivity contribution in [1.29, 1.82) is 5.26 Å². The molecule has 0 aliphatic rings. The number of H-pyrrole nitrogens is 1. The third-order valence-electron chi connectivity index (χ3n) is 2.58. The Kier molecular flexibility index (Phi) is 2.98. The highest BCUT2D eigenvalue weighted by Crippen LogP contribution is 2.27. The first kappa shape index (κ1) is 10.8. The zero-order valence-corrected chi connectivity index (χ0v) is 9.67. The Hall–Kier alpha value is -1.72. The molecule has 0 saturated heterocycles. The monoisotopic (exact) mass is 230 g/mol. The Morgan fingerprint density at radius 3 is 2.56 bits per heavy atom. The molecule has 2 nitrogen and oxygen atoms in total. The number of nitrogens with one attached hydrogen (secondary N) is 1. The summed E-state index contributed by atoms with van der Waals surface area (Å²) in [5.41, 5.74) is 3.66. The number of aryl methyl sites for hydroxylation is 1. The number of nitriles is 1. The van der Waals surface area contributed by atoms with Crippen molar-refractivity contribution in [2.24, 2.45) is 0 Å². The molecule has 0 radical (unpaired) electrons. The van der Waals surface area contributed by atoms with Crippen molar-refractivity contribution in [3.05, 3.63) is 46.7 Å². The molecule has 80 valence electrons. The van der Waals surface area contributed by atoms with E-state index in [2.05, 4.69) is 11.1 Å². The normalized spacial score (nSPS) is 10.1. The minimum absolute atomic E-state index is 0.702. The van der Waals surface area contributed by atoms with Crippen LogP contribution in [0.25, 0.3) is 11.1 Å². The van der Waals surface area contributed by atoms with E-state index in [4.69, 9.17) is 16.9 Å². The van der Waals surface area contributed by atoms with E-state index in [1.807, 2.05) is 37.4 Å². The van der Waals surface area contributed by atoms with Crippen LogP contribution in [0.15, 0.2) is 30.5 Å². The van der Waals surface area contributed by atoms with Gasteiger partial charge < -0.3 is 4.98 Å². The molecule has 16 heavy (non-hydrogen) atoms. The molecule has 0 saturated carbocycles. The molecular formula is C13H11ClN2. The lowest BCUT2D eigenvalue weighted by atomic mass is 10.0. The number of hydrogen-bond acceptors (Lipinski definition) is 1. The van der Waals surface area contributed by atoms with Gasteiger partial charge in [-0.1, -0.05) is 30.7 Å². The van der Waals surface area contributed by atoms with Crippen LogP contribution in [-0.4, -0.2) is 4.98 Å². The van der Waals surface area contributed by atoms with Crippen LogP contribution in [0, 0.1) is 11.3 Å². The van der Waals surface area contributed by atoms with Gasteiger partial charge in [-0.05, 0) is 24.1 Å². The van der Waals surface area contributed by atoms with Gasteiger partial charge in [0.05, 0.1) is 5.56 Å². The summed E-state index contributed by atoms with van der Waals surface area (Å²) < 4.78 is 0. The number of hydrogen-bond donors (Lipinski definition) is 1. The average molecular weight is 231 g/mol. The summed E-state index contributed by atoms with van der Waals surface area (Å²) in [6, 6.07) is 9.75. The first-order valence-electron chi connectivity index (χ1n) is 5.12. The van der Waals surface area contributed by atoms with Crippen molar-refractivity contribution >= 4 is 11.6 Å². The van der Waals surface area contributed by atoms with Gasteiger partial charge in [-0.2, -0.15) is 5.26 Å². The van der Waals surface area contributed by atoms with Gasteiger partial charge in [-0.3, -0.25) is 0 Å². The molecule has 2 aromatic rings. The number of aromatic nitrogens is 1. The van der Waals surface area contributed by atoms with Crippen LogP contribution < -0.4 is 0 Å². The zero-order chi connectivity index (χ0) is 11.5. The van der Waals surface area contributed by atoms with Crippen molar-refractivity contribution in [3.8, 4) is 17.2 Å². The first-order chi connectivity index (χ1) is 7.76. The van der Waals surface area contributed by atoms with Crippen molar-refractivity contribution in [2.45, 2.75) is 13.3 Å². The fraction of sp³-hybridized carbons (Fsp3) is 0.154. The summed E-state index contributed by atoms with van der Waals surface area (Å²) in [5.74, 6) is 0. The molecule has 0 unspecified atom stereocenters. The van der Waals surface area contributed by atoms with E-state index in [1.54, 1.807) is 0 Å². The van der Waals surface area contributed by atoms with Gasteiger partial charge >= 0.3 is 0 Å². The predicted octanol–water partition coefficient (Wildman–Crippen LogP) is 3.77. The van der Waals surface area contributed by atoms with Gasteiger partial charge in [0, 0.05) is 22.5 Å². The SMILES string of the molecule is CCc1[nH]cc(-c2ccc(Cl)cc2)c1C#N.